The van der Waals surface area contributed by atoms with E-state index in [9.17, 15) is 10.1 Å². The van der Waals surface area contributed by atoms with Gasteiger partial charge in [-0.25, -0.2) is 4.68 Å². The maximum absolute atomic E-state index is 11.2. The fourth-order valence-electron chi connectivity index (χ4n) is 2.23. The van der Waals surface area contributed by atoms with Crippen LogP contribution in [0.5, 0.6) is 5.75 Å². The largest absolute Gasteiger partial charge is 0.482 e. The molecule has 24 heavy (non-hydrogen) atoms. The Balaban J connectivity index is 1.89. The summed E-state index contributed by atoms with van der Waals surface area (Å²) in [4.78, 5) is 10.8. The quantitative estimate of drug-likeness (QED) is 0.513. The van der Waals surface area contributed by atoms with Gasteiger partial charge in [0.1, 0.15) is 6.61 Å². The monoisotopic (exact) mass is 324 g/mol. The van der Waals surface area contributed by atoms with Crippen molar-refractivity contribution >= 4 is 5.69 Å². The predicted molar refractivity (Wildman–Crippen MR) is 88.2 cm³/mol. The predicted octanol–water partition coefficient (Wildman–Crippen LogP) is 3.32. The summed E-state index contributed by atoms with van der Waals surface area (Å²) in [5.74, 6) is 0.204. The molecule has 0 aliphatic heterocycles. The van der Waals surface area contributed by atoms with E-state index in [1.54, 1.807) is 23.0 Å². The Bertz CT molecular complexity index is 846. The van der Waals surface area contributed by atoms with Crippen molar-refractivity contribution in [2.75, 3.05) is 0 Å². The van der Waals surface area contributed by atoms with Crippen LogP contribution in [0.2, 0.25) is 0 Å². The molecule has 122 valence electrons. The minimum absolute atomic E-state index is 0.0782. The van der Waals surface area contributed by atoms with Gasteiger partial charge in [0.15, 0.2) is 5.75 Å². The molecule has 2 aromatic carbocycles. The molecular formula is C17H16N4O3. The Hall–Kier alpha value is -3.22. The second-order valence-electron chi connectivity index (χ2n) is 5.19. The number of hydrogen-bond acceptors (Lipinski definition) is 5. The molecule has 1 heterocycles. The summed E-state index contributed by atoms with van der Waals surface area (Å²) in [6, 6.07) is 14.2. The normalized spacial score (nSPS) is 10.5. The van der Waals surface area contributed by atoms with Crippen LogP contribution < -0.4 is 4.74 Å². The first-order valence-electron chi connectivity index (χ1n) is 7.54. The molecule has 0 amide bonds. The molecule has 1 aromatic heterocycles. The van der Waals surface area contributed by atoms with E-state index in [4.69, 9.17) is 4.74 Å². The molecule has 0 aliphatic carbocycles. The highest BCUT2D eigenvalue weighted by Crippen LogP contribution is 2.30. The van der Waals surface area contributed by atoms with E-state index in [2.05, 4.69) is 10.3 Å². The molecule has 0 fully saturated rings. The molecule has 0 unspecified atom stereocenters. The number of ether oxygens (including phenoxy) is 1. The van der Waals surface area contributed by atoms with Crippen molar-refractivity contribution < 1.29 is 9.66 Å². The van der Waals surface area contributed by atoms with Gasteiger partial charge < -0.3 is 4.74 Å². The summed E-state index contributed by atoms with van der Waals surface area (Å²) in [5, 5.41) is 19.3. The minimum Gasteiger partial charge on any atom is -0.482 e. The highest BCUT2D eigenvalue weighted by atomic mass is 16.6. The van der Waals surface area contributed by atoms with E-state index in [1.165, 1.54) is 6.07 Å². The van der Waals surface area contributed by atoms with E-state index >= 15 is 0 Å². The lowest BCUT2D eigenvalue weighted by Crippen LogP contribution is -2.02. The van der Waals surface area contributed by atoms with Crippen LogP contribution in [0.1, 0.15) is 18.2 Å². The maximum Gasteiger partial charge on any atom is 0.311 e. The van der Waals surface area contributed by atoms with E-state index in [1.807, 2.05) is 37.3 Å². The maximum atomic E-state index is 11.2. The molecule has 0 bridgehead atoms. The third kappa shape index (κ3) is 3.40. The molecule has 0 N–H and O–H groups in total. The number of hydrogen-bond donors (Lipinski definition) is 0. The molecule has 7 heteroatoms. The molecule has 0 saturated carbocycles. The average Bonchev–Trinajstić information content (AvgIpc) is 3.09. The zero-order valence-electron chi connectivity index (χ0n) is 13.1. The smallest absolute Gasteiger partial charge is 0.311 e. The van der Waals surface area contributed by atoms with Crippen molar-refractivity contribution in [1.82, 2.24) is 15.0 Å². The number of rotatable bonds is 6. The molecule has 0 saturated heterocycles. The van der Waals surface area contributed by atoms with Crippen LogP contribution in [0.15, 0.2) is 54.7 Å². The summed E-state index contributed by atoms with van der Waals surface area (Å²) in [5.41, 5.74) is 2.37. The van der Waals surface area contributed by atoms with E-state index < -0.39 is 4.92 Å². The van der Waals surface area contributed by atoms with Gasteiger partial charge in [0, 0.05) is 12.1 Å². The van der Waals surface area contributed by atoms with Gasteiger partial charge in [-0.1, -0.05) is 42.5 Å². The Morgan fingerprint density at radius 2 is 2.00 bits per heavy atom. The molecule has 0 atom stereocenters. The summed E-state index contributed by atoms with van der Waals surface area (Å²) >= 11 is 0. The first-order valence-corrected chi connectivity index (χ1v) is 7.54. The molecule has 7 nitrogen and oxygen atoms in total. The summed E-state index contributed by atoms with van der Waals surface area (Å²) in [7, 11) is 0. The number of nitro groups is 1. The molecule has 0 spiro atoms. The third-order valence-electron chi connectivity index (χ3n) is 3.54. The van der Waals surface area contributed by atoms with Crippen LogP contribution in [-0.2, 0) is 13.0 Å². The Morgan fingerprint density at radius 3 is 2.67 bits per heavy atom. The second kappa shape index (κ2) is 6.91. The Morgan fingerprint density at radius 1 is 1.21 bits per heavy atom. The zero-order valence-corrected chi connectivity index (χ0v) is 13.1. The van der Waals surface area contributed by atoms with Crippen molar-refractivity contribution in [3.63, 3.8) is 0 Å². The van der Waals surface area contributed by atoms with Gasteiger partial charge in [0.05, 0.1) is 22.5 Å². The lowest BCUT2D eigenvalue weighted by atomic mass is 10.2. The highest BCUT2D eigenvalue weighted by molar-refractivity contribution is 5.53. The van der Waals surface area contributed by atoms with Gasteiger partial charge in [-0.2, -0.15) is 0 Å². The second-order valence-corrected chi connectivity index (χ2v) is 5.19. The van der Waals surface area contributed by atoms with Crippen molar-refractivity contribution in [3.05, 3.63) is 76.1 Å². The average molecular weight is 324 g/mol. The molecule has 0 aliphatic rings. The van der Waals surface area contributed by atoms with E-state index in [0.29, 0.717) is 5.69 Å². The number of aryl methyl sites for hydroxylation is 1. The fraction of sp³-hybridized carbons (Fsp3) is 0.176. The standard InChI is InChI=1S/C17H16N4O3/c1-2-14-11-20(19-18-14)15-8-9-16(21(22)23)17(10-15)24-12-13-6-4-3-5-7-13/h3-11H,2,12H2,1H3. The molecular weight excluding hydrogens is 308 g/mol. The van der Waals surface area contributed by atoms with Crippen LogP contribution in [0.4, 0.5) is 5.69 Å². The third-order valence-corrected chi connectivity index (χ3v) is 3.54. The molecule has 3 aromatic rings. The molecule has 0 radical (unpaired) electrons. The SMILES string of the molecule is CCc1cn(-c2ccc([N+](=O)[O-])c(OCc3ccccc3)c2)nn1. The van der Waals surface area contributed by atoms with Crippen LogP contribution >= 0.6 is 0 Å². The van der Waals surface area contributed by atoms with Crippen LogP contribution in [0.25, 0.3) is 5.69 Å². The lowest BCUT2D eigenvalue weighted by Gasteiger charge is -2.09. The van der Waals surface area contributed by atoms with Crippen LogP contribution in [0.3, 0.4) is 0 Å². The first-order chi connectivity index (χ1) is 11.7. The van der Waals surface area contributed by atoms with Crippen LogP contribution in [-0.4, -0.2) is 19.9 Å². The van der Waals surface area contributed by atoms with Gasteiger partial charge >= 0.3 is 5.69 Å². The van der Waals surface area contributed by atoms with Crippen molar-refractivity contribution in [3.8, 4) is 11.4 Å². The molecule has 3 rings (SSSR count). The van der Waals surface area contributed by atoms with E-state index in [-0.39, 0.29) is 18.0 Å². The van der Waals surface area contributed by atoms with Crippen molar-refractivity contribution in [2.45, 2.75) is 20.0 Å². The van der Waals surface area contributed by atoms with Gasteiger partial charge in [-0.3, -0.25) is 10.1 Å². The Labute approximate surface area is 138 Å². The topological polar surface area (TPSA) is 83.1 Å². The first kappa shape index (κ1) is 15.7. The van der Waals surface area contributed by atoms with Crippen LogP contribution in [0, 0.1) is 10.1 Å². The number of aromatic nitrogens is 3. The van der Waals surface area contributed by atoms with Gasteiger partial charge in [0.25, 0.3) is 0 Å². The summed E-state index contributed by atoms with van der Waals surface area (Å²) < 4.78 is 7.26. The Kier molecular flexibility index (Phi) is 4.51. The van der Waals surface area contributed by atoms with Crippen molar-refractivity contribution in [2.24, 2.45) is 0 Å². The lowest BCUT2D eigenvalue weighted by molar-refractivity contribution is -0.385. The summed E-state index contributed by atoms with van der Waals surface area (Å²) in [6.07, 6.45) is 2.56. The number of nitro benzene ring substituents is 1. The van der Waals surface area contributed by atoms with Crippen molar-refractivity contribution in [1.29, 1.82) is 0 Å². The van der Waals surface area contributed by atoms with Gasteiger partial charge in [-0.15, -0.1) is 5.10 Å². The van der Waals surface area contributed by atoms with E-state index in [0.717, 1.165) is 17.7 Å². The minimum atomic E-state index is -0.455. The van der Waals surface area contributed by atoms with Gasteiger partial charge in [-0.05, 0) is 18.1 Å². The number of benzene rings is 2. The fourth-order valence-corrected chi connectivity index (χ4v) is 2.23. The zero-order chi connectivity index (χ0) is 16.9. The number of nitrogens with zero attached hydrogens (tertiary/aromatic N) is 4. The summed E-state index contributed by atoms with van der Waals surface area (Å²) in [6.45, 7) is 2.24. The highest BCUT2D eigenvalue weighted by Gasteiger charge is 2.17. The van der Waals surface area contributed by atoms with Gasteiger partial charge in [0.2, 0.25) is 0 Å².